The van der Waals surface area contributed by atoms with Crippen molar-refractivity contribution in [2.24, 2.45) is 0 Å². The molecule has 2 aromatic rings. The number of H-pyrrole nitrogens is 1. The van der Waals surface area contributed by atoms with Crippen LogP contribution in [0.25, 0.3) is 11.5 Å². The van der Waals surface area contributed by atoms with Crippen LogP contribution in [-0.2, 0) is 11.3 Å². The van der Waals surface area contributed by atoms with Crippen LogP contribution in [0.3, 0.4) is 0 Å². The van der Waals surface area contributed by atoms with Crippen LogP contribution in [0.1, 0.15) is 11.4 Å². The molecule has 0 atom stereocenters. The van der Waals surface area contributed by atoms with E-state index in [-0.39, 0.29) is 5.56 Å². The Morgan fingerprint density at radius 1 is 1.35 bits per heavy atom. The quantitative estimate of drug-likeness (QED) is 0.764. The number of hydrogen-bond acceptors (Lipinski definition) is 5. The number of pyridine rings is 1. The van der Waals surface area contributed by atoms with Crippen LogP contribution in [0.15, 0.2) is 29.1 Å². The summed E-state index contributed by atoms with van der Waals surface area (Å²) in [6.07, 6.45) is 0. The molecule has 0 saturated heterocycles. The van der Waals surface area contributed by atoms with Crippen molar-refractivity contribution in [2.75, 3.05) is 20.3 Å². The lowest BCUT2D eigenvalue weighted by molar-refractivity contribution is 0.199. The molecule has 0 aliphatic carbocycles. The molecule has 2 rings (SSSR count). The van der Waals surface area contributed by atoms with E-state index in [0.29, 0.717) is 36.9 Å². The highest BCUT2D eigenvalue weighted by molar-refractivity contribution is 5.48. The average molecular weight is 274 g/mol. The summed E-state index contributed by atoms with van der Waals surface area (Å²) in [5, 5.41) is 3.16. The molecule has 0 unspecified atom stereocenters. The van der Waals surface area contributed by atoms with Gasteiger partial charge in [0, 0.05) is 32.0 Å². The van der Waals surface area contributed by atoms with Gasteiger partial charge in [-0.1, -0.05) is 6.07 Å². The highest BCUT2D eigenvalue weighted by Crippen LogP contribution is 2.10. The van der Waals surface area contributed by atoms with Gasteiger partial charge in [-0.3, -0.25) is 4.79 Å². The lowest BCUT2D eigenvalue weighted by Crippen LogP contribution is -2.21. The second-order valence-corrected chi connectivity index (χ2v) is 4.42. The molecule has 0 aliphatic heterocycles. The minimum absolute atomic E-state index is 0.179. The fraction of sp³-hybridized carbons (Fsp3) is 0.357. The maximum atomic E-state index is 11.7. The number of aromatic nitrogens is 3. The molecule has 2 aromatic heterocycles. The lowest BCUT2D eigenvalue weighted by atomic mass is 10.3. The van der Waals surface area contributed by atoms with Gasteiger partial charge >= 0.3 is 0 Å². The number of nitrogens with one attached hydrogen (secondary N) is 2. The molecule has 0 amide bonds. The van der Waals surface area contributed by atoms with E-state index in [9.17, 15) is 4.79 Å². The van der Waals surface area contributed by atoms with Crippen molar-refractivity contribution in [3.8, 4) is 11.5 Å². The lowest BCUT2D eigenvalue weighted by Gasteiger charge is -2.06. The van der Waals surface area contributed by atoms with E-state index in [1.165, 1.54) is 6.07 Å². The molecule has 0 fully saturated rings. The maximum Gasteiger partial charge on any atom is 0.251 e. The molecule has 2 heterocycles. The molecule has 20 heavy (non-hydrogen) atoms. The monoisotopic (exact) mass is 274 g/mol. The fourth-order valence-electron chi connectivity index (χ4n) is 1.79. The molecule has 0 radical (unpaired) electrons. The van der Waals surface area contributed by atoms with Gasteiger partial charge in [-0.25, -0.2) is 9.97 Å². The Labute approximate surface area is 117 Å². The molecule has 0 spiro atoms. The predicted octanol–water partition coefficient (Wildman–Crippen LogP) is 0.876. The molecule has 106 valence electrons. The van der Waals surface area contributed by atoms with Gasteiger partial charge in [0.2, 0.25) is 0 Å². The van der Waals surface area contributed by atoms with Crippen molar-refractivity contribution in [3.63, 3.8) is 0 Å². The molecule has 0 aliphatic rings. The van der Waals surface area contributed by atoms with Crippen molar-refractivity contribution in [3.05, 3.63) is 46.0 Å². The number of ether oxygens (including phenoxy) is 1. The summed E-state index contributed by atoms with van der Waals surface area (Å²) < 4.78 is 4.95. The maximum absolute atomic E-state index is 11.7. The van der Waals surface area contributed by atoms with Crippen molar-refractivity contribution in [1.82, 2.24) is 20.3 Å². The van der Waals surface area contributed by atoms with Crippen LogP contribution in [0, 0.1) is 6.92 Å². The van der Waals surface area contributed by atoms with Crippen LogP contribution >= 0.6 is 0 Å². The third-order valence-electron chi connectivity index (χ3n) is 2.71. The number of rotatable bonds is 6. The minimum Gasteiger partial charge on any atom is -0.383 e. The van der Waals surface area contributed by atoms with Gasteiger partial charge in [0.05, 0.1) is 12.3 Å². The molecule has 2 N–H and O–H groups in total. The Hall–Kier alpha value is -2.05. The van der Waals surface area contributed by atoms with Gasteiger partial charge in [0.25, 0.3) is 5.56 Å². The summed E-state index contributed by atoms with van der Waals surface area (Å²) in [5.74, 6) is 0.491. The number of hydrogen-bond donors (Lipinski definition) is 2. The first-order valence-electron chi connectivity index (χ1n) is 6.43. The minimum atomic E-state index is -0.179. The van der Waals surface area contributed by atoms with E-state index in [4.69, 9.17) is 4.74 Å². The zero-order valence-electron chi connectivity index (χ0n) is 11.6. The summed E-state index contributed by atoms with van der Waals surface area (Å²) in [7, 11) is 1.65. The van der Waals surface area contributed by atoms with E-state index in [1.807, 2.05) is 25.1 Å². The standard InChI is InChI=1S/C14H18N4O2/c1-10-4-3-5-12(16-10)14-17-11(8-13(19)18-14)9-15-6-7-20-2/h3-5,8,15H,6-7,9H2,1-2H3,(H,17,18,19). The van der Waals surface area contributed by atoms with E-state index in [2.05, 4.69) is 20.3 Å². The first-order chi connectivity index (χ1) is 9.69. The third-order valence-corrected chi connectivity index (χ3v) is 2.71. The first kappa shape index (κ1) is 14.4. The van der Waals surface area contributed by atoms with E-state index in [0.717, 1.165) is 5.69 Å². The Morgan fingerprint density at radius 3 is 2.95 bits per heavy atom. The highest BCUT2D eigenvalue weighted by atomic mass is 16.5. The molecular formula is C14H18N4O2. The molecule has 6 nitrogen and oxygen atoms in total. The zero-order valence-corrected chi connectivity index (χ0v) is 11.6. The summed E-state index contributed by atoms with van der Waals surface area (Å²) >= 11 is 0. The van der Waals surface area contributed by atoms with Crippen LogP contribution in [-0.4, -0.2) is 35.2 Å². The van der Waals surface area contributed by atoms with Crippen molar-refractivity contribution < 1.29 is 4.74 Å². The SMILES string of the molecule is COCCNCc1cc(=O)[nH]c(-c2cccc(C)n2)n1. The summed E-state index contributed by atoms with van der Waals surface area (Å²) in [6, 6.07) is 7.10. The smallest absolute Gasteiger partial charge is 0.251 e. The highest BCUT2D eigenvalue weighted by Gasteiger charge is 2.05. The number of aromatic amines is 1. The van der Waals surface area contributed by atoms with Gasteiger partial charge in [0.1, 0.15) is 5.69 Å². The van der Waals surface area contributed by atoms with E-state index >= 15 is 0 Å². The van der Waals surface area contributed by atoms with Crippen LogP contribution < -0.4 is 10.9 Å². The third kappa shape index (κ3) is 3.97. The Balaban J connectivity index is 2.18. The summed E-state index contributed by atoms with van der Waals surface area (Å²) in [6.45, 7) is 3.75. The van der Waals surface area contributed by atoms with Crippen LogP contribution in [0.5, 0.6) is 0 Å². The molecule has 0 saturated carbocycles. The number of methoxy groups -OCH3 is 1. The van der Waals surface area contributed by atoms with Crippen LogP contribution in [0.4, 0.5) is 0 Å². The normalized spacial score (nSPS) is 10.7. The Morgan fingerprint density at radius 2 is 2.20 bits per heavy atom. The second-order valence-electron chi connectivity index (χ2n) is 4.42. The number of aryl methyl sites for hydroxylation is 1. The van der Waals surface area contributed by atoms with Crippen LogP contribution in [0.2, 0.25) is 0 Å². The van der Waals surface area contributed by atoms with Gasteiger partial charge < -0.3 is 15.0 Å². The predicted molar refractivity (Wildman–Crippen MR) is 76.4 cm³/mol. The van der Waals surface area contributed by atoms with Gasteiger partial charge in [-0.2, -0.15) is 0 Å². The summed E-state index contributed by atoms with van der Waals surface area (Å²) in [5.41, 5.74) is 2.06. The second kappa shape index (κ2) is 6.93. The Bertz CT molecular complexity index is 625. The van der Waals surface area contributed by atoms with Gasteiger partial charge in [0.15, 0.2) is 5.82 Å². The van der Waals surface area contributed by atoms with Crippen molar-refractivity contribution >= 4 is 0 Å². The molecule has 0 bridgehead atoms. The first-order valence-corrected chi connectivity index (χ1v) is 6.43. The average Bonchev–Trinajstić information content (AvgIpc) is 2.43. The largest absolute Gasteiger partial charge is 0.383 e. The van der Waals surface area contributed by atoms with Crippen molar-refractivity contribution in [1.29, 1.82) is 0 Å². The molecule has 0 aromatic carbocycles. The zero-order chi connectivity index (χ0) is 14.4. The number of nitrogens with zero attached hydrogens (tertiary/aromatic N) is 2. The summed E-state index contributed by atoms with van der Waals surface area (Å²) in [4.78, 5) is 23.2. The van der Waals surface area contributed by atoms with E-state index in [1.54, 1.807) is 7.11 Å². The Kier molecular flexibility index (Phi) is 4.97. The fourth-order valence-corrected chi connectivity index (χ4v) is 1.79. The van der Waals surface area contributed by atoms with Crippen molar-refractivity contribution in [2.45, 2.75) is 13.5 Å². The molecular weight excluding hydrogens is 256 g/mol. The van der Waals surface area contributed by atoms with Gasteiger partial charge in [-0.15, -0.1) is 0 Å². The topological polar surface area (TPSA) is 79.9 Å². The molecule has 6 heteroatoms. The van der Waals surface area contributed by atoms with Gasteiger partial charge in [-0.05, 0) is 19.1 Å². The van der Waals surface area contributed by atoms with E-state index < -0.39 is 0 Å².